The molecule has 130 valence electrons. The van der Waals surface area contributed by atoms with Crippen molar-refractivity contribution in [2.75, 3.05) is 0 Å². The molecule has 0 bridgehead atoms. The molecule has 0 saturated carbocycles. The highest BCUT2D eigenvalue weighted by molar-refractivity contribution is 6.08. The highest BCUT2D eigenvalue weighted by Crippen LogP contribution is 2.32. The summed E-state index contributed by atoms with van der Waals surface area (Å²) in [5.41, 5.74) is 0.847. The normalized spacial score (nSPS) is 11.8. The number of benzene rings is 2. The number of carboxylic acid groups (broad SMARTS) is 1. The van der Waals surface area contributed by atoms with E-state index < -0.39 is 11.5 Å². The summed E-state index contributed by atoms with van der Waals surface area (Å²) in [5, 5.41) is 14.6. The first-order valence-electron chi connectivity index (χ1n) is 8.24. The fourth-order valence-electron chi connectivity index (χ4n) is 3.01. The van der Waals surface area contributed by atoms with Gasteiger partial charge in [-0.2, -0.15) is 0 Å². The molecule has 0 unspecified atom stereocenters. The van der Waals surface area contributed by atoms with Crippen molar-refractivity contribution in [3.05, 3.63) is 47.7 Å². The fourth-order valence-corrected chi connectivity index (χ4v) is 3.01. The minimum absolute atomic E-state index is 0.00295. The minimum atomic E-state index is -0.881. The van der Waals surface area contributed by atoms with Gasteiger partial charge in [-0.05, 0) is 32.6 Å². The second-order valence-electron chi connectivity index (χ2n) is 6.95. The van der Waals surface area contributed by atoms with Gasteiger partial charge in [-0.3, -0.25) is 9.59 Å². The number of carbonyl (C=O) groups is 2. The van der Waals surface area contributed by atoms with Crippen LogP contribution in [0.15, 0.2) is 40.8 Å². The van der Waals surface area contributed by atoms with Crippen LogP contribution < -0.4 is 5.32 Å². The van der Waals surface area contributed by atoms with Gasteiger partial charge >= 0.3 is 5.97 Å². The van der Waals surface area contributed by atoms with E-state index in [1.54, 1.807) is 13.8 Å². The maximum absolute atomic E-state index is 12.7. The molecular formula is C20H21NO4. The van der Waals surface area contributed by atoms with E-state index in [1.807, 2.05) is 43.3 Å². The molecule has 2 N–H and O–H groups in total. The first kappa shape index (κ1) is 17.0. The molecular weight excluding hydrogens is 318 g/mol. The van der Waals surface area contributed by atoms with Gasteiger partial charge in [-0.25, -0.2) is 0 Å². The molecule has 1 aromatic heterocycles. The predicted octanol–water partition coefficient (Wildman–Crippen LogP) is 4.27. The molecule has 0 atom stereocenters. The Balaban J connectivity index is 1.95. The summed E-state index contributed by atoms with van der Waals surface area (Å²) in [6.45, 7) is 5.47. The molecule has 5 nitrogen and oxygen atoms in total. The molecule has 1 amide bonds. The zero-order valence-electron chi connectivity index (χ0n) is 14.6. The summed E-state index contributed by atoms with van der Waals surface area (Å²) in [6, 6.07) is 11.8. The Morgan fingerprint density at radius 3 is 2.56 bits per heavy atom. The van der Waals surface area contributed by atoms with Gasteiger partial charge < -0.3 is 14.8 Å². The molecule has 1 heterocycles. The number of nitrogens with one attached hydrogen (secondary N) is 1. The Hall–Kier alpha value is -2.82. The van der Waals surface area contributed by atoms with Crippen molar-refractivity contribution in [2.24, 2.45) is 0 Å². The van der Waals surface area contributed by atoms with E-state index in [4.69, 9.17) is 9.52 Å². The number of hydrogen-bond donors (Lipinski definition) is 2. The number of furan rings is 1. The van der Waals surface area contributed by atoms with E-state index in [1.165, 1.54) is 0 Å². The monoisotopic (exact) mass is 339 g/mol. The molecule has 3 rings (SSSR count). The number of aliphatic carboxylic acids is 1. The van der Waals surface area contributed by atoms with Crippen molar-refractivity contribution in [3.8, 4) is 0 Å². The zero-order valence-corrected chi connectivity index (χ0v) is 14.6. The van der Waals surface area contributed by atoms with Crippen LogP contribution in [-0.2, 0) is 4.79 Å². The highest BCUT2D eigenvalue weighted by Gasteiger charge is 2.26. The molecule has 0 radical (unpaired) electrons. The quantitative estimate of drug-likeness (QED) is 0.727. The number of hydrogen-bond acceptors (Lipinski definition) is 3. The summed E-state index contributed by atoms with van der Waals surface area (Å²) in [7, 11) is 0. The lowest BCUT2D eigenvalue weighted by Crippen LogP contribution is -2.43. The Labute approximate surface area is 145 Å². The van der Waals surface area contributed by atoms with Gasteiger partial charge in [0, 0.05) is 28.3 Å². The van der Waals surface area contributed by atoms with E-state index in [2.05, 4.69) is 5.32 Å². The number of fused-ring (bicyclic) bond motifs is 3. The van der Waals surface area contributed by atoms with Crippen LogP contribution in [0.5, 0.6) is 0 Å². The number of rotatable bonds is 5. The number of carbonyl (C=O) groups excluding carboxylic acids is 1. The van der Waals surface area contributed by atoms with Crippen LogP contribution >= 0.6 is 0 Å². The van der Waals surface area contributed by atoms with E-state index in [-0.39, 0.29) is 18.1 Å². The molecule has 0 aliphatic carbocycles. The Bertz CT molecular complexity index is 968. The van der Waals surface area contributed by atoms with Crippen LogP contribution in [0.25, 0.3) is 21.7 Å². The average molecular weight is 339 g/mol. The third-order valence-electron chi connectivity index (χ3n) is 4.45. The minimum Gasteiger partial charge on any atom is -0.481 e. The second-order valence-corrected chi connectivity index (χ2v) is 6.95. The van der Waals surface area contributed by atoms with Crippen molar-refractivity contribution in [1.29, 1.82) is 0 Å². The summed E-state index contributed by atoms with van der Waals surface area (Å²) in [4.78, 5) is 23.4. The molecule has 0 aliphatic rings. The summed E-state index contributed by atoms with van der Waals surface area (Å²) in [5.74, 6) is -0.934. The van der Waals surface area contributed by atoms with E-state index in [9.17, 15) is 9.59 Å². The maximum Gasteiger partial charge on any atom is 0.303 e. The van der Waals surface area contributed by atoms with Crippen molar-refractivity contribution in [1.82, 2.24) is 5.32 Å². The van der Waals surface area contributed by atoms with Crippen molar-refractivity contribution >= 4 is 33.6 Å². The van der Waals surface area contributed by atoms with Crippen LogP contribution in [0.3, 0.4) is 0 Å². The van der Waals surface area contributed by atoms with Gasteiger partial charge in [0.2, 0.25) is 0 Å². The second kappa shape index (κ2) is 6.24. The van der Waals surface area contributed by atoms with Gasteiger partial charge in [0.1, 0.15) is 5.58 Å². The predicted molar refractivity (Wildman–Crippen MR) is 96.9 cm³/mol. The summed E-state index contributed by atoms with van der Waals surface area (Å²) >= 11 is 0. The van der Waals surface area contributed by atoms with E-state index >= 15 is 0 Å². The fraction of sp³-hybridized carbons (Fsp3) is 0.300. The molecule has 0 aliphatic heterocycles. The van der Waals surface area contributed by atoms with Crippen LogP contribution in [0, 0.1) is 6.92 Å². The van der Waals surface area contributed by atoms with Gasteiger partial charge in [0.15, 0.2) is 5.76 Å². The zero-order chi connectivity index (χ0) is 18.2. The lowest BCUT2D eigenvalue weighted by molar-refractivity contribution is -0.137. The Kier molecular flexibility index (Phi) is 4.25. The highest BCUT2D eigenvalue weighted by atomic mass is 16.4. The van der Waals surface area contributed by atoms with Gasteiger partial charge in [-0.15, -0.1) is 0 Å². The summed E-state index contributed by atoms with van der Waals surface area (Å²) < 4.78 is 5.92. The number of aryl methyl sites for hydroxylation is 1. The van der Waals surface area contributed by atoms with Crippen molar-refractivity contribution < 1.29 is 19.1 Å². The number of amides is 1. The largest absolute Gasteiger partial charge is 0.481 e. The van der Waals surface area contributed by atoms with Crippen LogP contribution in [0.1, 0.15) is 42.8 Å². The van der Waals surface area contributed by atoms with Gasteiger partial charge in [0.25, 0.3) is 5.91 Å². The van der Waals surface area contributed by atoms with Crippen LogP contribution in [0.2, 0.25) is 0 Å². The van der Waals surface area contributed by atoms with E-state index in [0.29, 0.717) is 12.0 Å². The number of carboxylic acids is 1. The van der Waals surface area contributed by atoms with Crippen LogP contribution in [-0.4, -0.2) is 22.5 Å². The molecule has 0 saturated heterocycles. The molecule has 0 spiro atoms. The SMILES string of the molecule is Cc1c(C(=O)NC(C)(C)CCC(=O)O)oc2c1ccc1ccccc12. The van der Waals surface area contributed by atoms with Crippen molar-refractivity contribution in [3.63, 3.8) is 0 Å². The van der Waals surface area contributed by atoms with Gasteiger partial charge in [0.05, 0.1) is 0 Å². The third-order valence-corrected chi connectivity index (χ3v) is 4.45. The topological polar surface area (TPSA) is 79.5 Å². The Morgan fingerprint density at radius 1 is 1.12 bits per heavy atom. The third kappa shape index (κ3) is 3.36. The Morgan fingerprint density at radius 2 is 1.84 bits per heavy atom. The molecule has 5 heteroatoms. The van der Waals surface area contributed by atoms with Gasteiger partial charge in [-0.1, -0.05) is 36.4 Å². The lowest BCUT2D eigenvalue weighted by atomic mass is 9.98. The molecule has 3 aromatic rings. The lowest BCUT2D eigenvalue weighted by Gasteiger charge is -2.25. The standard InChI is InChI=1S/C20H21NO4/c1-12-14-9-8-13-6-4-5-7-15(13)18(14)25-17(12)19(24)21-20(2,3)11-10-16(22)23/h4-9H,10-11H2,1-3H3,(H,21,24)(H,22,23). The molecule has 25 heavy (non-hydrogen) atoms. The molecule has 2 aromatic carbocycles. The average Bonchev–Trinajstić information content (AvgIpc) is 2.90. The van der Waals surface area contributed by atoms with Crippen molar-refractivity contribution in [2.45, 2.75) is 39.2 Å². The first-order valence-corrected chi connectivity index (χ1v) is 8.24. The summed E-state index contributed by atoms with van der Waals surface area (Å²) in [6.07, 6.45) is 0.341. The smallest absolute Gasteiger partial charge is 0.303 e. The molecule has 0 fully saturated rings. The maximum atomic E-state index is 12.7. The van der Waals surface area contributed by atoms with E-state index in [0.717, 1.165) is 21.7 Å². The first-order chi connectivity index (χ1) is 11.8. The van der Waals surface area contributed by atoms with Crippen LogP contribution in [0.4, 0.5) is 0 Å².